The SMILES string of the molecule is Cc1cccc(-c2n[nH]c(=S)n2CC(=O)N(C)Cc2ccc(C#N)cc2)c1. The molecular weight excluding hydrogens is 358 g/mol. The maximum atomic E-state index is 12.7. The number of nitrogens with one attached hydrogen (secondary N) is 1. The fourth-order valence-corrected chi connectivity index (χ4v) is 2.97. The molecular formula is C20H19N5OS. The molecule has 0 unspecified atom stereocenters. The van der Waals surface area contributed by atoms with E-state index < -0.39 is 0 Å². The van der Waals surface area contributed by atoms with Crippen LogP contribution in [0.4, 0.5) is 0 Å². The summed E-state index contributed by atoms with van der Waals surface area (Å²) in [6.07, 6.45) is 0. The topological polar surface area (TPSA) is 77.7 Å². The second-order valence-corrected chi connectivity index (χ2v) is 6.75. The van der Waals surface area contributed by atoms with Crippen LogP contribution in [0.5, 0.6) is 0 Å². The predicted molar refractivity (Wildman–Crippen MR) is 105 cm³/mol. The van der Waals surface area contributed by atoms with E-state index in [9.17, 15) is 4.79 Å². The van der Waals surface area contributed by atoms with E-state index in [-0.39, 0.29) is 12.5 Å². The number of aromatic nitrogens is 3. The van der Waals surface area contributed by atoms with Crippen molar-refractivity contribution in [2.75, 3.05) is 7.05 Å². The summed E-state index contributed by atoms with van der Waals surface area (Å²) in [6.45, 7) is 2.56. The molecule has 0 radical (unpaired) electrons. The van der Waals surface area contributed by atoms with Crippen molar-refractivity contribution in [1.29, 1.82) is 5.26 Å². The van der Waals surface area contributed by atoms with E-state index in [1.54, 1.807) is 28.6 Å². The lowest BCUT2D eigenvalue weighted by molar-refractivity contribution is -0.131. The fourth-order valence-electron chi connectivity index (χ4n) is 2.77. The average Bonchev–Trinajstić information content (AvgIpc) is 3.03. The molecule has 136 valence electrons. The fraction of sp³-hybridized carbons (Fsp3) is 0.200. The molecule has 1 amide bonds. The van der Waals surface area contributed by atoms with Gasteiger partial charge in [-0.25, -0.2) is 0 Å². The molecule has 0 aliphatic heterocycles. The van der Waals surface area contributed by atoms with Gasteiger partial charge in [0.25, 0.3) is 0 Å². The van der Waals surface area contributed by atoms with Crippen molar-refractivity contribution >= 4 is 18.1 Å². The van der Waals surface area contributed by atoms with E-state index in [0.29, 0.717) is 22.7 Å². The van der Waals surface area contributed by atoms with Crippen molar-refractivity contribution < 1.29 is 4.79 Å². The van der Waals surface area contributed by atoms with Crippen LogP contribution in [0.3, 0.4) is 0 Å². The van der Waals surface area contributed by atoms with Gasteiger partial charge in [0.1, 0.15) is 6.54 Å². The Balaban J connectivity index is 1.76. The molecule has 1 heterocycles. The standard InChI is InChI=1S/C20H19N5OS/c1-14-4-3-5-17(10-14)19-22-23-20(27)25(19)13-18(26)24(2)12-16-8-6-15(11-21)7-9-16/h3-10H,12-13H2,1-2H3,(H,23,27). The number of nitriles is 1. The minimum Gasteiger partial charge on any atom is -0.340 e. The molecule has 0 aliphatic carbocycles. The predicted octanol–water partition coefficient (Wildman–Crippen LogP) is 3.45. The van der Waals surface area contributed by atoms with Gasteiger partial charge in [-0.1, -0.05) is 35.9 Å². The Labute approximate surface area is 162 Å². The third kappa shape index (κ3) is 4.30. The quantitative estimate of drug-likeness (QED) is 0.691. The zero-order chi connectivity index (χ0) is 19.4. The molecule has 7 heteroatoms. The minimum atomic E-state index is -0.0780. The number of aryl methyl sites for hydroxylation is 1. The Hall–Kier alpha value is -3.24. The first-order chi connectivity index (χ1) is 13.0. The maximum absolute atomic E-state index is 12.7. The first kappa shape index (κ1) is 18.5. The van der Waals surface area contributed by atoms with Crippen LogP contribution >= 0.6 is 12.2 Å². The Kier molecular flexibility index (Phi) is 5.48. The van der Waals surface area contributed by atoms with Crippen LogP contribution < -0.4 is 0 Å². The van der Waals surface area contributed by atoms with Gasteiger partial charge in [0.15, 0.2) is 10.6 Å². The second-order valence-electron chi connectivity index (χ2n) is 6.37. The highest BCUT2D eigenvalue weighted by atomic mass is 32.1. The molecule has 0 aliphatic rings. The van der Waals surface area contributed by atoms with E-state index >= 15 is 0 Å². The lowest BCUT2D eigenvalue weighted by atomic mass is 10.1. The number of amides is 1. The molecule has 3 rings (SSSR count). The molecule has 0 fully saturated rings. The zero-order valence-corrected chi connectivity index (χ0v) is 16.0. The first-order valence-corrected chi connectivity index (χ1v) is 8.84. The molecule has 2 aromatic carbocycles. The van der Waals surface area contributed by atoms with Gasteiger partial charge < -0.3 is 4.90 Å². The van der Waals surface area contributed by atoms with Crippen LogP contribution in [-0.4, -0.2) is 32.6 Å². The van der Waals surface area contributed by atoms with Crippen molar-refractivity contribution in [2.24, 2.45) is 0 Å². The number of hydrogen-bond acceptors (Lipinski definition) is 4. The Morgan fingerprint density at radius 3 is 2.70 bits per heavy atom. The third-order valence-corrected chi connectivity index (χ3v) is 4.57. The monoisotopic (exact) mass is 377 g/mol. The number of likely N-dealkylation sites (N-methyl/N-ethyl adjacent to an activating group) is 1. The molecule has 0 spiro atoms. The van der Waals surface area contributed by atoms with Crippen molar-refractivity contribution in [3.63, 3.8) is 0 Å². The highest BCUT2D eigenvalue weighted by Crippen LogP contribution is 2.19. The largest absolute Gasteiger partial charge is 0.340 e. The molecule has 1 N–H and O–H groups in total. The van der Waals surface area contributed by atoms with Crippen LogP contribution in [0.25, 0.3) is 11.4 Å². The van der Waals surface area contributed by atoms with Gasteiger partial charge >= 0.3 is 0 Å². The second kappa shape index (κ2) is 7.98. The summed E-state index contributed by atoms with van der Waals surface area (Å²) in [7, 11) is 1.75. The summed E-state index contributed by atoms with van der Waals surface area (Å²) in [5.41, 5.74) is 3.57. The van der Waals surface area contributed by atoms with E-state index in [2.05, 4.69) is 16.3 Å². The average molecular weight is 377 g/mol. The number of H-pyrrole nitrogens is 1. The summed E-state index contributed by atoms with van der Waals surface area (Å²) < 4.78 is 2.12. The Morgan fingerprint density at radius 1 is 1.30 bits per heavy atom. The molecule has 0 atom stereocenters. The lowest BCUT2D eigenvalue weighted by Gasteiger charge is -2.18. The minimum absolute atomic E-state index is 0.0780. The Morgan fingerprint density at radius 2 is 2.04 bits per heavy atom. The van der Waals surface area contributed by atoms with Gasteiger partial charge in [-0.15, -0.1) is 0 Å². The molecule has 0 saturated carbocycles. The number of hydrogen-bond donors (Lipinski definition) is 1. The maximum Gasteiger partial charge on any atom is 0.242 e. The smallest absolute Gasteiger partial charge is 0.242 e. The number of nitrogens with zero attached hydrogens (tertiary/aromatic N) is 4. The molecule has 1 aromatic heterocycles. The third-order valence-electron chi connectivity index (χ3n) is 4.26. The van der Waals surface area contributed by atoms with Gasteiger partial charge in [-0.2, -0.15) is 10.4 Å². The van der Waals surface area contributed by atoms with Crippen LogP contribution in [0.1, 0.15) is 16.7 Å². The van der Waals surface area contributed by atoms with Crippen LogP contribution in [-0.2, 0) is 17.9 Å². The normalized spacial score (nSPS) is 10.4. The van der Waals surface area contributed by atoms with Gasteiger partial charge in [0.2, 0.25) is 5.91 Å². The molecule has 27 heavy (non-hydrogen) atoms. The number of carbonyl (C=O) groups excluding carboxylic acids is 1. The van der Waals surface area contributed by atoms with Gasteiger partial charge in [0, 0.05) is 19.2 Å². The lowest BCUT2D eigenvalue weighted by Crippen LogP contribution is -2.30. The summed E-state index contributed by atoms with van der Waals surface area (Å²) in [6, 6.07) is 17.2. The number of benzene rings is 2. The van der Waals surface area contributed by atoms with Crippen molar-refractivity contribution in [3.8, 4) is 17.5 Å². The van der Waals surface area contributed by atoms with Crippen molar-refractivity contribution in [2.45, 2.75) is 20.0 Å². The number of aromatic amines is 1. The van der Waals surface area contributed by atoms with E-state index in [0.717, 1.165) is 16.7 Å². The van der Waals surface area contributed by atoms with Crippen LogP contribution in [0.15, 0.2) is 48.5 Å². The summed E-state index contributed by atoms with van der Waals surface area (Å²) in [5.74, 6) is 0.564. The molecule has 3 aromatic rings. The molecule has 6 nitrogen and oxygen atoms in total. The number of rotatable bonds is 5. The van der Waals surface area contributed by atoms with E-state index in [1.165, 1.54) is 0 Å². The van der Waals surface area contributed by atoms with Crippen molar-refractivity contribution in [1.82, 2.24) is 19.7 Å². The molecule has 0 saturated heterocycles. The van der Waals surface area contributed by atoms with Crippen LogP contribution in [0.2, 0.25) is 0 Å². The summed E-state index contributed by atoms with van der Waals surface area (Å²) in [4.78, 5) is 14.3. The van der Waals surface area contributed by atoms with Crippen LogP contribution in [0, 0.1) is 23.0 Å². The van der Waals surface area contributed by atoms with Gasteiger partial charge in [-0.05, 0) is 42.9 Å². The first-order valence-electron chi connectivity index (χ1n) is 8.43. The summed E-state index contributed by atoms with van der Waals surface area (Å²) in [5, 5.41) is 15.9. The molecule has 0 bridgehead atoms. The zero-order valence-electron chi connectivity index (χ0n) is 15.1. The van der Waals surface area contributed by atoms with Crippen molar-refractivity contribution in [3.05, 3.63) is 70.0 Å². The summed E-state index contributed by atoms with van der Waals surface area (Å²) >= 11 is 5.31. The highest BCUT2D eigenvalue weighted by molar-refractivity contribution is 7.71. The Bertz CT molecular complexity index is 1060. The van der Waals surface area contributed by atoms with Gasteiger partial charge in [-0.3, -0.25) is 14.5 Å². The van der Waals surface area contributed by atoms with E-state index in [4.69, 9.17) is 17.5 Å². The van der Waals surface area contributed by atoms with E-state index in [1.807, 2.05) is 43.3 Å². The highest BCUT2D eigenvalue weighted by Gasteiger charge is 2.15. The number of carbonyl (C=O) groups is 1. The van der Waals surface area contributed by atoms with Gasteiger partial charge in [0.05, 0.1) is 11.6 Å².